The van der Waals surface area contributed by atoms with Gasteiger partial charge in [0.25, 0.3) is 0 Å². The molecule has 6 nitrogen and oxygen atoms in total. The Morgan fingerprint density at radius 3 is 2.52 bits per heavy atom. The predicted molar refractivity (Wildman–Crippen MR) is 118 cm³/mol. The Kier molecular flexibility index (Phi) is 4.90. The van der Waals surface area contributed by atoms with Crippen LogP contribution in [0.1, 0.15) is 35.4 Å². The fourth-order valence-corrected chi connectivity index (χ4v) is 4.24. The standard InChI is InChI=1S/C25H24N2O4/c1-28-18-8-6-7-16(13-18)20-15-21-19-9-4-5-10-22(19)31-25(27(21)26-20)17-11-12-23(29-2)24(14-17)30-3/h4-14,21,25H,15H2,1-3H3/t21-,25-/m1/s1. The van der Waals surface area contributed by atoms with Gasteiger partial charge in [-0.15, -0.1) is 0 Å². The van der Waals surface area contributed by atoms with Crippen LogP contribution < -0.4 is 18.9 Å². The molecule has 0 spiro atoms. The maximum absolute atomic E-state index is 6.43. The number of hydrazone groups is 1. The second kappa shape index (κ2) is 7.87. The molecule has 158 valence electrons. The molecule has 3 aromatic carbocycles. The first kappa shape index (κ1) is 19.3. The number of hydrogen-bond acceptors (Lipinski definition) is 6. The van der Waals surface area contributed by atoms with Gasteiger partial charge in [-0.1, -0.05) is 30.3 Å². The van der Waals surface area contributed by atoms with Crippen LogP contribution in [-0.4, -0.2) is 32.0 Å². The minimum absolute atomic E-state index is 0.0873. The van der Waals surface area contributed by atoms with E-state index in [4.69, 9.17) is 24.0 Å². The number of para-hydroxylation sites is 1. The van der Waals surface area contributed by atoms with E-state index in [2.05, 4.69) is 17.1 Å². The molecule has 2 atom stereocenters. The van der Waals surface area contributed by atoms with Crippen LogP contribution in [-0.2, 0) is 0 Å². The molecule has 0 saturated carbocycles. The molecule has 0 aromatic heterocycles. The van der Waals surface area contributed by atoms with Crippen LogP contribution in [0.4, 0.5) is 0 Å². The summed E-state index contributed by atoms with van der Waals surface area (Å²) in [6, 6.07) is 22.1. The maximum atomic E-state index is 6.43. The van der Waals surface area contributed by atoms with Crippen molar-refractivity contribution in [3.63, 3.8) is 0 Å². The highest BCUT2D eigenvalue weighted by Gasteiger charge is 2.41. The second-order valence-electron chi connectivity index (χ2n) is 7.50. The van der Waals surface area contributed by atoms with Crippen molar-refractivity contribution in [3.05, 3.63) is 83.4 Å². The molecule has 2 aliphatic rings. The lowest BCUT2D eigenvalue weighted by molar-refractivity contribution is -0.0191. The highest BCUT2D eigenvalue weighted by atomic mass is 16.5. The number of nitrogens with zero attached hydrogens (tertiary/aromatic N) is 2. The average molecular weight is 416 g/mol. The lowest BCUT2D eigenvalue weighted by atomic mass is 9.96. The molecule has 0 N–H and O–H groups in total. The summed E-state index contributed by atoms with van der Waals surface area (Å²) in [6.45, 7) is 0. The fraction of sp³-hybridized carbons (Fsp3) is 0.240. The summed E-state index contributed by atoms with van der Waals surface area (Å²) in [6.07, 6.45) is 0.417. The van der Waals surface area contributed by atoms with E-state index < -0.39 is 0 Å². The summed E-state index contributed by atoms with van der Waals surface area (Å²) in [5.41, 5.74) is 4.15. The second-order valence-corrected chi connectivity index (χ2v) is 7.50. The van der Waals surface area contributed by atoms with Crippen LogP contribution >= 0.6 is 0 Å². The Bertz CT molecular complexity index is 1140. The number of fused-ring (bicyclic) bond motifs is 3. The Labute approximate surface area is 181 Å². The summed E-state index contributed by atoms with van der Waals surface area (Å²) in [5, 5.41) is 7.06. The zero-order chi connectivity index (χ0) is 21.4. The minimum Gasteiger partial charge on any atom is -0.497 e. The van der Waals surface area contributed by atoms with Crippen molar-refractivity contribution in [2.45, 2.75) is 18.7 Å². The van der Waals surface area contributed by atoms with Gasteiger partial charge in [-0.05, 0) is 36.4 Å². The number of benzene rings is 3. The van der Waals surface area contributed by atoms with Crippen LogP contribution in [0, 0.1) is 0 Å². The zero-order valence-corrected chi connectivity index (χ0v) is 17.7. The summed E-state index contributed by atoms with van der Waals surface area (Å²) in [4.78, 5) is 0. The van der Waals surface area contributed by atoms with Gasteiger partial charge in [0.2, 0.25) is 6.23 Å². The van der Waals surface area contributed by atoms with Gasteiger partial charge in [-0.2, -0.15) is 5.10 Å². The van der Waals surface area contributed by atoms with E-state index in [0.717, 1.165) is 40.3 Å². The maximum Gasteiger partial charge on any atom is 0.214 e. The van der Waals surface area contributed by atoms with Crippen molar-refractivity contribution < 1.29 is 18.9 Å². The molecule has 0 saturated heterocycles. The van der Waals surface area contributed by atoms with Gasteiger partial charge in [0.1, 0.15) is 11.5 Å². The van der Waals surface area contributed by atoms with Gasteiger partial charge >= 0.3 is 0 Å². The van der Waals surface area contributed by atoms with E-state index in [0.29, 0.717) is 11.5 Å². The van der Waals surface area contributed by atoms with Crippen LogP contribution in [0.15, 0.2) is 71.8 Å². The Morgan fingerprint density at radius 2 is 1.71 bits per heavy atom. The van der Waals surface area contributed by atoms with Gasteiger partial charge in [0.05, 0.1) is 33.1 Å². The first-order valence-corrected chi connectivity index (χ1v) is 10.2. The van der Waals surface area contributed by atoms with E-state index in [9.17, 15) is 0 Å². The first-order valence-electron chi connectivity index (χ1n) is 10.2. The molecule has 6 heteroatoms. The summed E-state index contributed by atoms with van der Waals surface area (Å²) in [7, 11) is 4.94. The molecule has 5 rings (SSSR count). The van der Waals surface area contributed by atoms with Crippen molar-refractivity contribution in [1.29, 1.82) is 0 Å². The summed E-state index contributed by atoms with van der Waals surface area (Å²) in [5.74, 6) is 3.04. The van der Waals surface area contributed by atoms with Crippen molar-refractivity contribution in [2.75, 3.05) is 21.3 Å². The Hall–Kier alpha value is -3.67. The number of hydrogen-bond donors (Lipinski definition) is 0. The van der Waals surface area contributed by atoms with Crippen LogP contribution in [0.3, 0.4) is 0 Å². The SMILES string of the molecule is COc1cccc(C2=NN3[C@H](C2)c2ccccc2O[C@@H]3c2ccc(OC)c(OC)c2)c1. The van der Waals surface area contributed by atoms with Gasteiger partial charge in [-0.3, -0.25) is 0 Å². The quantitative estimate of drug-likeness (QED) is 0.589. The first-order chi connectivity index (χ1) is 15.2. The van der Waals surface area contributed by atoms with Crippen LogP contribution in [0.5, 0.6) is 23.0 Å². The molecule has 31 heavy (non-hydrogen) atoms. The van der Waals surface area contributed by atoms with Gasteiger partial charge in [-0.25, -0.2) is 5.01 Å². The van der Waals surface area contributed by atoms with Gasteiger partial charge in [0.15, 0.2) is 11.5 Å². The highest BCUT2D eigenvalue weighted by molar-refractivity contribution is 6.02. The Morgan fingerprint density at radius 1 is 0.871 bits per heavy atom. The van der Waals surface area contributed by atoms with Crippen molar-refractivity contribution in [1.82, 2.24) is 5.01 Å². The summed E-state index contributed by atoms with van der Waals surface area (Å²) < 4.78 is 22.8. The third kappa shape index (κ3) is 3.34. The molecule has 3 aromatic rings. The molecule has 0 fully saturated rings. The lowest BCUT2D eigenvalue weighted by Crippen LogP contribution is -2.33. The molecule has 0 amide bonds. The normalized spacial score (nSPS) is 19.1. The average Bonchev–Trinajstić information content (AvgIpc) is 3.29. The highest BCUT2D eigenvalue weighted by Crippen LogP contribution is 2.48. The van der Waals surface area contributed by atoms with Crippen LogP contribution in [0.25, 0.3) is 0 Å². The van der Waals surface area contributed by atoms with E-state index in [1.54, 1.807) is 21.3 Å². The number of rotatable bonds is 5. The molecule has 0 radical (unpaired) electrons. The minimum atomic E-state index is -0.372. The Balaban J connectivity index is 1.58. The predicted octanol–water partition coefficient (Wildman–Crippen LogP) is 4.95. The van der Waals surface area contributed by atoms with Crippen molar-refractivity contribution >= 4 is 5.71 Å². The number of ether oxygens (including phenoxy) is 4. The van der Waals surface area contributed by atoms with E-state index in [1.165, 1.54) is 0 Å². The number of methoxy groups -OCH3 is 3. The lowest BCUT2D eigenvalue weighted by Gasteiger charge is -2.38. The summed E-state index contributed by atoms with van der Waals surface area (Å²) >= 11 is 0. The molecule has 0 aliphatic carbocycles. The molecule has 0 bridgehead atoms. The van der Waals surface area contributed by atoms with E-state index in [1.807, 2.05) is 54.6 Å². The van der Waals surface area contributed by atoms with Crippen LogP contribution in [0.2, 0.25) is 0 Å². The third-order valence-electron chi connectivity index (χ3n) is 5.79. The van der Waals surface area contributed by atoms with Crippen molar-refractivity contribution in [3.8, 4) is 23.0 Å². The zero-order valence-electron chi connectivity index (χ0n) is 17.7. The third-order valence-corrected chi connectivity index (χ3v) is 5.79. The largest absolute Gasteiger partial charge is 0.497 e. The molecule has 2 aliphatic heterocycles. The van der Waals surface area contributed by atoms with E-state index >= 15 is 0 Å². The van der Waals surface area contributed by atoms with Crippen molar-refractivity contribution in [2.24, 2.45) is 5.10 Å². The monoisotopic (exact) mass is 416 g/mol. The van der Waals surface area contributed by atoms with Gasteiger partial charge in [0, 0.05) is 23.1 Å². The molecule has 0 unspecified atom stereocenters. The topological polar surface area (TPSA) is 52.5 Å². The fourth-order valence-electron chi connectivity index (χ4n) is 4.24. The molecular formula is C25H24N2O4. The van der Waals surface area contributed by atoms with Gasteiger partial charge < -0.3 is 18.9 Å². The molecular weight excluding hydrogens is 392 g/mol. The molecule has 2 heterocycles. The smallest absolute Gasteiger partial charge is 0.214 e. The van der Waals surface area contributed by atoms with E-state index in [-0.39, 0.29) is 12.3 Å².